The maximum atomic E-state index is 12.2. The molecule has 0 fully saturated rings. The lowest BCUT2D eigenvalue weighted by atomic mass is 10.0. The van der Waals surface area contributed by atoms with Crippen LogP contribution in [-0.4, -0.2) is 28.4 Å². The van der Waals surface area contributed by atoms with Crippen molar-refractivity contribution in [2.75, 3.05) is 12.3 Å². The van der Waals surface area contributed by atoms with Crippen LogP contribution < -0.4 is 5.32 Å². The van der Waals surface area contributed by atoms with E-state index < -0.39 is 0 Å². The van der Waals surface area contributed by atoms with Gasteiger partial charge in [-0.05, 0) is 35.1 Å². The number of benzene rings is 1. The number of pyridine rings is 1. The van der Waals surface area contributed by atoms with Gasteiger partial charge >= 0.3 is 0 Å². The SMILES string of the molecule is CC(C)SCCNC(=O)c1cccc(-c2ccc(C#N)nc2)c1. The molecule has 0 aliphatic carbocycles. The van der Waals surface area contributed by atoms with Gasteiger partial charge in [0.15, 0.2) is 0 Å². The van der Waals surface area contributed by atoms with Gasteiger partial charge in [0.1, 0.15) is 11.8 Å². The van der Waals surface area contributed by atoms with Crippen LogP contribution in [0.5, 0.6) is 0 Å². The Morgan fingerprint density at radius 1 is 1.30 bits per heavy atom. The first kappa shape index (κ1) is 17.0. The number of carbonyl (C=O) groups is 1. The van der Waals surface area contributed by atoms with E-state index >= 15 is 0 Å². The van der Waals surface area contributed by atoms with Gasteiger partial charge in [-0.15, -0.1) is 0 Å². The molecular weight excluding hydrogens is 306 g/mol. The Labute approximate surface area is 140 Å². The highest BCUT2D eigenvalue weighted by molar-refractivity contribution is 7.99. The number of aromatic nitrogens is 1. The zero-order valence-electron chi connectivity index (χ0n) is 13.2. The largest absolute Gasteiger partial charge is 0.351 e. The van der Waals surface area contributed by atoms with Gasteiger partial charge in [0.05, 0.1) is 0 Å². The smallest absolute Gasteiger partial charge is 0.251 e. The molecule has 1 N–H and O–H groups in total. The molecule has 0 unspecified atom stereocenters. The second-order valence-electron chi connectivity index (χ2n) is 5.30. The minimum absolute atomic E-state index is 0.0715. The van der Waals surface area contributed by atoms with Crippen molar-refractivity contribution >= 4 is 17.7 Å². The summed E-state index contributed by atoms with van der Waals surface area (Å²) in [6, 6.07) is 12.9. The van der Waals surface area contributed by atoms with E-state index in [2.05, 4.69) is 24.1 Å². The molecule has 2 rings (SSSR count). The number of nitriles is 1. The van der Waals surface area contributed by atoms with Gasteiger partial charge in [0.2, 0.25) is 0 Å². The molecule has 1 aromatic heterocycles. The lowest BCUT2D eigenvalue weighted by Gasteiger charge is -2.08. The van der Waals surface area contributed by atoms with Gasteiger partial charge in [-0.1, -0.05) is 26.0 Å². The van der Waals surface area contributed by atoms with E-state index in [1.54, 1.807) is 18.3 Å². The van der Waals surface area contributed by atoms with Gasteiger partial charge in [-0.2, -0.15) is 17.0 Å². The van der Waals surface area contributed by atoms with Crippen molar-refractivity contribution in [1.29, 1.82) is 5.26 Å². The number of rotatable bonds is 6. The van der Waals surface area contributed by atoms with Crippen molar-refractivity contribution in [3.05, 3.63) is 53.9 Å². The Morgan fingerprint density at radius 2 is 2.13 bits per heavy atom. The third kappa shape index (κ3) is 5.11. The highest BCUT2D eigenvalue weighted by Crippen LogP contribution is 2.20. The Morgan fingerprint density at radius 3 is 2.78 bits per heavy atom. The first-order valence-corrected chi connectivity index (χ1v) is 8.51. The summed E-state index contributed by atoms with van der Waals surface area (Å²) < 4.78 is 0. The molecule has 1 amide bonds. The van der Waals surface area contributed by atoms with E-state index in [-0.39, 0.29) is 5.91 Å². The molecule has 0 atom stereocenters. The van der Waals surface area contributed by atoms with Crippen LogP contribution in [0, 0.1) is 11.3 Å². The summed E-state index contributed by atoms with van der Waals surface area (Å²) >= 11 is 1.82. The van der Waals surface area contributed by atoms with E-state index in [4.69, 9.17) is 5.26 Å². The fourth-order valence-electron chi connectivity index (χ4n) is 2.03. The van der Waals surface area contributed by atoms with Gasteiger partial charge in [-0.25, -0.2) is 4.98 Å². The average Bonchev–Trinajstić information content (AvgIpc) is 2.58. The summed E-state index contributed by atoms with van der Waals surface area (Å²) in [5, 5.41) is 12.3. The minimum atomic E-state index is -0.0715. The Balaban J connectivity index is 2.04. The number of thioether (sulfide) groups is 1. The summed E-state index contributed by atoms with van der Waals surface area (Å²) in [5.74, 6) is 0.834. The Kier molecular flexibility index (Phi) is 6.19. The van der Waals surface area contributed by atoms with Crippen LogP contribution in [0.1, 0.15) is 29.9 Å². The highest BCUT2D eigenvalue weighted by atomic mass is 32.2. The van der Waals surface area contributed by atoms with Crippen LogP contribution >= 0.6 is 11.8 Å². The predicted octanol–water partition coefficient (Wildman–Crippen LogP) is 3.49. The predicted molar refractivity (Wildman–Crippen MR) is 94.3 cm³/mol. The normalized spacial score (nSPS) is 10.3. The van der Waals surface area contributed by atoms with Crippen molar-refractivity contribution in [3.8, 4) is 17.2 Å². The molecule has 0 saturated heterocycles. The van der Waals surface area contributed by atoms with E-state index in [0.717, 1.165) is 16.9 Å². The highest BCUT2D eigenvalue weighted by Gasteiger charge is 2.07. The lowest BCUT2D eigenvalue weighted by molar-refractivity contribution is 0.0956. The molecule has 5 heteroatoms. The van der Waals surface area contributed by atoms with Gasteiger partial charge < -0.3 is 5.32 Å². The van der Waals surface area contributed by atoms with Crippen molar-refractivity contribution < 1.29 is 4.79 Å². The zero-order valence-corrected chi connectivity index (χ0v) is 14.1. The molecular formula is C18H19N3OS. The first-order chi connectivity index (χ1) is 11.1. The summed E-state index contributed by atoms with van der Waals surface area (Å²) in [6.07, 6.45) is 1.65. The number of carbonyl (C=O) groups excluding carboxylic acids is 1. The summed E-state index contributed by atoms with van der Waals surface area (Å²) in [5.41, 5.74) is 2.80. The molecule has 1 aromatic carbocycles. The van der Waals surface area contributed by atoms with Crippen LogP contribution in [0.4, 0.5) is 0 Å². The number of nitrogens with one attached hydrogen (secondary N) is 1. The second kappa shape index (κ2) is 8.35. The van der Waals surface area contributed by atoms with Crippen LogP contribution in [-0.2, 0) is 0 Å². The molecule has 0 bridgehead atoms. The topological polar surface area (TPSA) is 65.8 Å². The second-order valence-corrected chi connectivity index (χ2v) is 6.98. The number of nitrogens with zero attached hydrogens (tertiary/aromatic N) is 2. The summed E-state index contributed by atoms with van der Waals surface area (Å²) in [7, 11) is 0. The molecule has 0 aliphatic rings. The fraction of sp³-hybridized carbons (Fsp3) is 0.278. The first-order valence-electron chi connectivity index (χ1n) is 7.46. The number of hydrogen-bond donors (Lipinski definition) is 1. The van der Waals surface area contributed by atoms with E-state index in [9.17, 15) is 4.79 Å². The monoisotopic (exact) mass is 325 g/mol. The van der Waals surface area contributed by atoms with Crippen LogP contribution in [0.3, 0.4) is 0 Å². The quantitative estimate of drug-likeness (QED) is 0.826. The molecule has 2 aromatic rings. The summed E-state index contributed by atoms with van der Waals surface area (Å²) in [4.78, 5) is 16.3. The number of amides is 1. The molecule has 118 valence electrons. The van der Waals surface area contributed by atoms with Gasteiger partial charge in [0, 0.05) is 29.6 Å². The molecule has 23 heavy (non-hydrogen) atoms. The zero-order chi connectivity index (χ0) is 16.7. The maximum Gasteiger partial charge on any atom is 0.251 e. The molecule has 1 heterocycles. The van der Waals surface area contributed by atoms with Crippen LogP contribution in [0.25, 0.3) is 11.1 Å². The standard InChI is InChI=1S/C18H19N3OS/c1-13(2)23-9-8-20-18(22)15-5-3-4-14(10-15)16-6-7-17(11-19)21-12-16/h3-7,10,12-13H,8-9H2,1-2H3,(H,20,22). The molecule has 0 radical (unpaired) electrons. The third-order valence-corrected chi connectivity index (χ3v) is 4.28. The average molecular weight is 325 g/mol. The van der Waals surface area contributed by atoms with Crippen molar-refractivity contribution in [2.45, 2.75) is 19.1 Å². The van der Waals surface area contributed by atoms with Crippen molar-refractivity contribution in [1.82, 2.24) is 10.3 Å². The molecule has 0 saturated carbocycles. The number of hydrogen-bond acceptors (Lipinski definition) is 4. The Bertz CT molecular complexity index is 705. The van der Waals surface area contributed by atoms with Gasteiger partial charge in [-0.3, -0.25) is 4.79 Å². The van der Waals surface area contributed by atoms with E-state index in [0.29, 0.717) is 23.1 Å². The molecule has 0 aliphatic heterocycles. The maximum absolute atomic E-state index is 12.2. The minimum Gasteiger partial charge on any atom is -0.351 e. The summed E-state index contributed by atoms with van der Waals surface area (Å²) in [6.45, 7) is 4.94. The van der Waals surface area contributed by atoms with E-state index in [1.165, 1.54) is 0 Å². The van der Waals surface area contributed by atoms with Crippen LogP contribution in [0.15, 0.2) is 42.6 Å². The lowest BCUT2D eigenvalue weighted by Crippen LogP contribution is -2.26. The Hall–Kier alpha value is -2.32. The van der Waals surface area contributed by atoms with Gasteiger partial charge in [0.25, 0.3) is 5.91 Å². The third-order valence-electron chi connectivity index (χ3n) is 3.17. The fourth-order valence-corrected chi connectivity index (χ4v) is 2.72. The van der Waals surface area contributed by atoms with E-state index in [1.807, 2.05) is 42.1 Å². The van der Waals surface area contributed by atoms with Crippen LogP contribution in [0.2, 0.25) is 0 Å². The molecule has 0 spiro atoms. The molecule has 4 nitrogen and oxygen atoms in total. The van der Waals surface area contributed by atoms with Crippen molar-refractivity contribution in [3.63, 3.8) is 0 Å². The van der Waals surface area contributed by atoms with Crippen molar-refractivity contribution in [2.24, 2.45) is 0 Å².